The molecule has 0 bridgehead atoms. The Morgan fingerprint density at radius 3 is 2.79 bits per heavy atom. The van der Waals surface area contributed by atoms with Crippen molar-refractivity contribution in [2.24, 2.45) is 0 Å². The molecular formula is C16H17N3. The number of hydrogen-bond donors (Lipinski definition) is 0. The molecule has 3 nitrogen and oxygen atoms in total. The molecule has 4 rings (SSSR count). The molecule has 19 heavy (non-hydrogen) atoms. The van der Waals surface area contributed by atoms with Gasteiger partial charge in [-0.25, -0.2) is 9.97 Å². The number of imidazole rings is 1. The van der Waals surface area contributed by atoms with Gasteiger partial charge in [0.1, 0.15) is 0 Å². The highest BCUT2D eigenvalue weighted by Gasteiger charge is 2.21. The topological polar surface area (TPSA) is 30.2 Å². The van der Waals surface area contributed by atoms with E-state index in [1.165, 1.54) is 37.8 Å². The van der Waals surface area contributed by atoms with E-state index in [1.807, 2.05) is 12.4 Å². The van der Waals surface area contributed by atoms with E-state index in [0.717, 1.165) is 16.7 Å². The normalized spacial score (nSPS) is 17.3. The molecule has 1 saturated carbocycles. The first kappa shape index (κ1) is 11.0. The van der Waals surface area contributed by atoms with Crippen LogP contribution in [0, 0.1) is 0 Å². The van der Waals surface area contributed by atoms with Gasteiger partial charge in [0.25, 0.3) is 0 Å². The van der Waals surface area contributed by atoms with Crippen molar-refractivity contribution in [3.63, 3.8) is 0 Å². The Kier molecular flexibility index (Phi) is 2.50. The van der Waals surface area contributed by atoms with Gasteiger partial charge in [0.2, 0.25) is 0 Å². The van der Waals surface area contributed by atoms with E-state index in [-0.39, 0.29) is 0 Å². The van der Waals surface area contributed by atoms with E-state index in [2.05, 4.69) is 33.7 Å². The maximum Gasteiger partial charge on any atom is 0.159 e. The summed E-state index contributed by atoms with van der Waals surface area (Å²) in [6.45, 7) is 0. The van der Waals surface area contributed by atoms with Crippen molar-refractivity contribution in [1.82, 2.24) is 14.4 Å². The highest BCUT2D eigenvalue weighted by atomic mass is 15.0. The van der Waals surface area contributed by atoms with Gasteiger partial charge in [-0.05, 0) is 25.0 Å². The third-order valence-electron chi connectivity index (χ3n) is 4.24. The number of nitrogens with zero attached hydrogens (tertiary/aromatic N) is 3. The van der Waals surface area contributed by atoms with Crippen LogP contribution >= 0.6 is 0 Å². The Balaban J connectivity index is 1.99. The van der Waals surface area contributed by atoms with Crippen LogP contribution in [0.5, 0.6) is 0 Å². The molecule has 0 radical (unpaired) electrons. The van der Waals surface area contributed by atoms with E-state index in [4.69, 9.17) is 4.98 Å². The molecule has 0 spiro atoms. The Labute approximate surface area is 112 Å². The predicted octanol–water partition coefficient (Wildman–Crippen LogP) is 3.93. The number of rotatable bonds is 1. The lowest BCUT2D eigenvalue weighted by atomic mass is 9.87. The summed E-state index contributed by atoms with van der Waals surface area (Å²) < 4.78 is 2.19. The van der Waals surface area contributed by atoms with Crippen LogP contribution in [0.3, 0.4) is 0 Å². The molecule has 3 heteroatoms. The van der Waals surface area contributed by atoms with Gasteiger partial charge in [0.05, 0.1) is 16.7 Å². The van der Waals surface area contributed by atoms with E-state index < -0.39 is 0 Å². The molecule has 0 unspecified atom stereocenters. The molecule has 96 valence electrons. The maximum atomic E-state index is 4.92. The number of benzene rings is 1. The first-order valence-electron chi connectivity index (χ1n) is 7.15. The highest BCUT2D eigenvalue weighted by Crippen LogP contribution is 2.34. The summed E-state index contributed by atoms with van der Waals surface area (Å²) in [6, 6.07) is 8.33. The molecule has 1 aliphatic carbocycles. The van der Waals surface area contributed by atoms with E-state index in [0.29, 0.717) is 5.92 Å². The minimum Gasteiger partial charge on any atom is -0.297 e. The molecule has 1 fully saturated rings. The first-order valence-corrected chi connectivity index (χ1v) is 7.15. The van der Waals surface area contributed by atoms with Crippen molar-refractivity contribution >= 4 is 16.7 Å². The van der Waals surface area contributed by atoms with Gasteiger partial charge in [-0.3, -0.25) is 4.40 Å². The summed E-state index contributed by atoms with van der Waals surface area (Å²) >= 11 is 0. The van der Waals surface area contributed by atoms with E-state index in [9.17, 15) is 0 Å². The molecule has 2 heterocycles. The van der Waals surface area contributed by atoms with Crippen LogP contribution in [-0.4, -0.2) is 14.4 Å². The summed E-state index contributed by atoms with van der Waals surface area (Å²) in [5.74, 6) is 0.586. The summed E-state index contributed by atoms with van der Waals surface area (Å²) in [5.41, 5.74) is 4.47. The zero-order valence-electron chi connectivity index (χ0n) is 10.9. The minimum absolute atomic E-state index is 0.586. The number of aromatic nitrogens is 3. The van der Waals surface area contributed by atoms with Crippen LogP contribution in [0.25, 0.3) is 16.7 Å². The van der Waals surface area contributed by atoms with Crippen molar-refractivity contribution in [2.45, 2.75) is 38.0 Å². The molecule has 1 aliphatic rings. The third kappa shape index (κ3) is 1.72. The van der Waals surface area contributed by atoms with Gasteiger partial charge in [0, 0.05) is 18.3 Å². The largest absolute Gasteiger partial charge is 0.297 e. The Hall–Kier alpha value is -1.90. The number of para-hydroxylation sites is 2. The predicted molar refractivity (Wildman–Crippen MR) is 76.3 cm³/mol. The van der Waals surface area contributed by atoms with E-state index in [1.54, 1.807) is 0 Å². The molecule has 0 N–H and O–H groups in total. The second-order valence-electron chi connectivity index (χ2n) is 5.44. The smallest absolute Gasteiger partial charge is 0.159 e. The lowest BCUT2D eigenvalue weighted by molar-refractivity contribution is 0.438. The van der Waals surface area contributed by atoms with Crippen molar-refractivity contribution in [1.29, 1.82) is 0 Å². The summed E-state index contributed by atoms with van der Waals surface area (Å²) in [4.78, 5) is 9.46. The fourth-order valence-corrected chi connectivity index (χ4v) is 3.28. The molecule has 0 aliphatic heterocycles. The molecular weight excluding hydrogens is 234 g/mol. The van der Waals surface area contributed by atoms with Crippen LogP contribution in [0.2, 0.25) is 0 Å². The van der Waals surface area contributed by atoms with Crippen molar-refractivity contribution in [3.8, 4) is 0 Å². The fraction of sp³-hybridized carbons (Fsp3) is 0.375. The number of hydrogen-bond acceptors (Lipinski definition) is 2. The third-order valence-corrected chi connectivity index (χ3v) is 4.24. The van der Waals surface area contributed by atoms with Crippen LogP contribution in [0.4, 0.5) is 0 Å². The quantitative estimate of drug-likeness (QED) is 0.656. The van der Waals surface area contributed by atoms with Gasteiger partial charge >= 0.3 is 0 Å². The monoisotopic (exact) mass is 251 g/mol. The summed E-state index contributed by atoms with van der Waals surface area (Å²) in [5, 5.41) is 0. The fourth-order valence-electron chi connectivity index (χ4n) is 3.28. The van der Waals surface area contributed by atoms with Gasteiger partial charge in [0.15, 0.2) is 5.65 Å². The van der Waals surface area contributed by atoms with Gasteiger partial charge < -0.3 is 0 Å². The van der Waals surface area contributed by atoms with Crippen LogP contribution < -0.4 is 0 Å². The SMILES string of the molecule is c1ccc2c(c1)nc(C1CCCCC1)c1nccn12. The number of fused-ring (bicyclic) bond motifs is 3. The summed E-state index contributed by atoms with van der Waals surface area (Å²) in [7, 11) is 0. The Morgan fingerprint density at radius 1 is 1.05 bits per heavy atom. The van der Waals surface area contributed by atoms with Crippen molar-refractivity contribution < 1.29 is 0 Å². The molecule has 2 aromatic heterocycles. The zero-order valence-corrected chi connectivity index (χ0v) is 10.9. The van der Waals surface area contributed by atoms with Crippen molar-refractivity contribution in [3.05, 3.63) is 42.4 Å². The molecule has 0 amide bonds. The van der Waals surface area contributed by atoms with Crippen molar-refractivity contribution in [2.75, 3.05) is 0 Å². The summed E-state index contributed by atoms with van der Waals surface area (Å²) in [6.07, 6.45) is 10.5. The van der Waals surface area contributed by atoms with Crippen LogP contribution in [0.1, 0.15) is 43.7 Å². The average Bonchev–Trinajstić information content (AvgIpc) is 2.97. The second-order valence-corrected chi connectivity index (χ2v) is 5.44. The molecule has 1 aromatic carbocycles. The lowest BCUT2D eigenvalue weighted by Crippen LogP contribution is -2.09. The Morgan fingerprint density at radius 2 is 1.89 bits per heavy atom. The molecule has 0 atom stereocenters. The Bertz CT molecular complexity index is 723. The van der Waals surface area contributed by atoms with E-state index >= 15 is 0 Å². The van der Waals surface area contributed by atoms with Crippen LogP contribution in [0.15, 0.2) is 36.7 Å². The molecule has 3 aromatic rings. The highest BCUT2D eigenvalue weighted by molar-refractivity contribution is 5.78. The van der Waals surface area contributed by atoms with Gasteiger partial charge in [-0.1, -0.05) is 31.4 Å². The molecule has 0 saturated heterocycles. The second kappa shape index (κ2) is 4.34. The zero-order chi connectivity index (χ0) is 12.7. The minimum atomic E-state index is 0.586. The maximum absolute atomic E-state index is 4.92. The first-order chi connectivity index (χ1) is 9.43. The van der Waals surface area contributed by atoms with Crippen LogP contribution in [-0.2, 0) is 0 Å². The standard InChI is InChI=1S/C16H17N3/c1-2-6-12(7-3-1)15-16-17-10-11-19(16)14-9-5-4-8-13(14)18-15/h4-5,8-12H,1-3,6-7H2. The van der Waals surface area contributed by atoms with Gasteiger partial charge in [-0.15, -0.1) is 0 Å². The lowest BCUT2D eigenvalue weighted by Gasteiger charge is -2.21. The van der Waals surface area contributed by atoms with Gasteiger partial charge in [-0.2, -0.15) is 0 Å². The average molecular weight is 251 g/mol.